The molecule has 2 atom stereocenters. The van der Waals surface area contributed by atoms with E-state index >= 15 is 0 Å². The Labute approximate surface area is 131 Å². The molecule has 22 heavy (non-hydrogen) atoms. The zero-order valence-corrected chi connectivity index (χ0v) is 12.5. The number of hydrogen-bond donors (Lipinski definition) is 1. The number of nitrogens with zero attached hydrogens (tertiary/aromatic N) is 1. The third kappa shape index (κ3) is 2.22. The van der Waals surface area contributed by atoms with Crippen LogP contribution in [0.5, 0.6) is 0 Å². The first-order valence-corrected chi connectivity index (χ1v) is 8.00. The topological polar surface area (TPSA) is 32.3 Å². The second-order valence-corrected chi connectivity index (χ2v) is 6.22. The van der Waals surface area contributed by atoms with Gasteiger partial charge in [-0.3, -0.25) is 9.69 Å². The average molecular weight is 292 g/mol. The summed E-state index contributed by atoms with van der Waals surface area (Å²) in [6.07, 6.45) is 3.31. The van der Waals surface area contributed by atoms with Gasteiger partial charge in [0.1, 0.15) is 0 Å². The number of carbonyl (C=O) groups excluding carboxylic acids is 1. The van der Waals surface area contributed by atoms with Gasteiger partial charge in [0, 0.05) is 24.2 Å². The first-order valence-electron chi connectivity index (χ1n) is 8.00. The number of nitrogens with one attached hydrogen (secondary N) is 1. The molecule has 0 radical (unpaired) electrons. The Bertz CT molecular complexity index is 680. The van der Waals surface area contributed by atoms with Crippen LogP contribution in [0.2, 0.25) is 0 Å². The van der Waals surface area contributed by atoms with E-state index in [1.54, 1.807) is 0 Å². The number of benzene rings is 2. The average Bonchev–Trinajstić information content (AvgIpc) is 3.04. The van der Waals surface area contributed by atoms with Gasteiger partial charge in [0.05, 0.1) is 0 Å². The number of rotatable bonds is 3. The Hall–Kier alpha value is -2.13. The van der Waals surface area contributed by atoms with Crippen molar-refractivity contribution in [3.63, 3.8) is 0 Å². The van der Waals surface area contributed by atoms with Crippen molar-refractivity contribution < 1.29 is 4.79 Å². The van der Waals surface area contributed by atoms with E-state index in [9.17, 15) is 4.79 Å². The van der Waals surface area contributed by atoms with Crippen molar-refractivity contribution >= 4 is 12.1 Å². The molecule has 2 aromatic carbocycles. The van der Waals surface area contributed by atoms with E-state index in [1.807, 2.05) is 12.1 Å². The molecule has 0 aliphatic carbocycles. The van der Waals surface area contributed by atoms with Gasteiger partial charge in [0.2, 0.25) is 6.41 Å². The van der Waals surface area contributed by atoms with E-state index in [2.05, 4.69) is 46.6 Å². The fourth-order valence-corrected chi connectivity index (χ4v) is 4.03. The maximum Gasteiger partial charge on any atom is 0.211 e. The zero-order chi connectivity index (χ0) is 14.9. The number of anilines is 1. The maximum absolute atomic E-state index is 10.5. The van der Waals surface area contributed by atoms with E-state index in [4.69, 9.17) is 0 Å². The Morgan fingerprint density at radius 1 is 1.05 bits per heavy atom. The molecule has 2 heterocycles. The van der Waals surface area contributed by atoms with E-state index in [0.29, 0.717) is 12.0 Å². The van der Waals surface area contributed by atoms with Gasteiger partial charge in [-0.15, -0.1) is 0 Å². The van der Waals surface area contributed by atoms with Gasteiger partial charge < -0.3 is 5.32 Å². The minimum absolute atomic E-state index is 0.427. The molecule has 1 N–H and O–H groups in total. The van der Waals surface area contributed by atoms with E-state index in [0.717, 1.165) is 18.6 Å². The molecule has 3 heteroatoms. The summed E-state index contributed by atoms with van der Waals surface area (Å²) < 4.78 is 0. The number of hydrogen-bond acceptors (Lipinski definition) is 2. The quantitative estimate of drug-likeness (QED) is 0.878. The van der Waals surface area contributed by atoms with Crippen molar-refractivity contribution in [1.82, 2.24) is 4.90 Å². The molecule has 2 aliphatic heterocycles. The minimum atomic E-state index is 0.427. The summed E-state index contributed by atoms with van der Waals surface area (Å²) in [5.41, 5.74) is 5.16. The number of amides is 1. The molecule has 1 fully saturated rings. The summed E-state index contributed by atoms with van der Waals surface area (Å²) in [6.45, 7) is 2.31. The highest BCUT2D eigenvalue weighted by atomic mass is 16.1. The van der Waals surface area contributed by atoms with Crippen LogP contribution in [0.25, 0.3) is 0 Å². The van der Waals surface area contributed by atoms with Crippen molar-refractivity contribution in [3.8, 4) is 0 Å². The number of fused-ring (bicyclic) bond motifs is 3. The van der Waals surface area contributed by atoms with Crippen molar-refractivity contribution in [1.29, 1.82) is 0 Å². The normalized spacial score (nSPS) is 23.6. The molecule has 1 saturated heterocycles. The summed E-state index contributed by atoms with van der Waals surface area (Å²) in [7, 11) is 0. The van der Waals surface area contributed by atoms with Crippen molar-refractivity contribution in [2.24, 2.45) is 0 Å². The van der Waals surface area contributed by atoms with Crippen LogP contribution < -0.4 is 5.32 Å². The first-order chi connectivity index (χ1) is 10.9. The van der Waals surface area contributed by atoms with Crippen LogP contribution in [-0.2, 0) is 4.79 Å². The Morgan fingerprint density at radius 2 is 1.82 bits per heavy atom. The van der Waals surface area contributed by atoms with Crippen molar-refractivity contribution in [3.05, 3.63) is 65.2 Å². The summed E-state index contributed by atoms with van der Waals surface area (Å²) in [5.74, 6) is 0.427. The monoisotopic (exact) mass is 292 g/mol. The van der Waals surface area contributed by atoms with Crippen molar-refractivity contribution in [2.75, 3.05) is 18.4 Å². The Balaban J connectivity index is 1.72. The van der Waals surface area contributed by atoms with Crippen LogP contribution in [0.1, 0.15) is 41.5 Å². The highest BCUT2D eigenvalue weighted by molar-refractivity contribution is 5.71. The van der Waals surface area contributed by atoms with Crippen LogP contribution >= 0.6 is 0 Å². The first kappa shape index (κ1) is 13.5. The minimum Gasteiger partial charge on any atom is -0.329 e. The molecule has 2 aromatic rings. The second-order valence-electron chi connectivity index (χ2n) is 6.22. The van der Waals surface area contributed by atoms with Crippen LogP contribution in [-0.4, -0.2) is 24.4 Å². The van der Waals surface area contributed by atoms with Gasteiger partial charge in [0.25, 0.3) is 0 Å². The van der Waals surface area contributed by atoms with E-state index in [1.165, 1.54) is 36.1 Å². The zero-order valence-electron chi connectivity index (χ0n) is 12.5. The predicted molar refractivity (Wildman–Crippen MR) is 88.0 cm³/mol. The molecule has 0 bridgehead atoms. The highest BCUT2D eigenvalue weighted by Gasteiger charge is 2.35. The largest absolute Gasteiger partial charge is 0.329 e. The Morgan fingerprint density at radius 3 is 2.59 bits per heavy atom. The number of carbonyl (C=O) groups is 1. The highest BCUT2D eigenvalue weighted by Crippen LogP contribution is 2.44. The van der Waals surface area contributed by atoms with Crippen LogP contribution in [0.3, 0.4) is 0 Å². The molecule has 112 valence electrons. The van der Waals surface area contributed by atoms with Crippen LogP contribution in [0.15, 0.2) is 48.5 Å². The lowest BCUT2D eigenvalue weighted by molar-refractivity contribution is -0.105. The molecule has 0 spiro atoms. The maximum atomic E-state index is 10.5. The molecular weight excluding hydrogens is 272 g/mol. The van der Waals surface area contributed by atoms with Crippen LogP contribution in [0.4, 0.5) is 5.69 Å². The molecule has 2 aliphatic rings. The fourth-order valence-electron chi connectivity index (χ4n) is 4.03. The summed E-state index contributed by atoms with van der Waals surface area (Å²) in [6, 6.07) is 17.8. The molecular formula is C19H20N2O. The molecule has 3 nitrogen and oxygen atoms in total. The molecule has 4 rings (SSSR count). The lowest BCUT2D eigenvalue weighted by Gasteiger charge is -2.37. The van der Waals surface area contributed by atoms with E-state index in [-0.39, 0.29) is 0 Å². The Kier molecular flexibility index (Phi) is 3.43. The lowest BCUT2D eigenvalue weighted by atomic mass is 9.81. The summed E-state index contributed by atoms with van der Waals surface area (Å²) >= 11 is 0. The third-order valence-electron chi connectivity index (χ3n) is 5.05. The van der Waals surface area contributed by atoms with E-state index < -0.39 is 0 Å². The fraction of sp³-hybridized carbons (Fsp3) is 0.316. The molecule has 2 unspecified atom stereocenters. The molecule has 1 amide bonds. The van der Waals surface area contributed by atoms with Gasteiger partial charge in [-0.25, -0.2) is 0 Å². The van der Waals surface area contributed by atoms with Gasteiger partial charge in [-0.2, -0.15) is 0 Å². The van der Waals surface area contributed by atoms with Gasteiger partial charge in [-0.05, 0) is 48.2 Å². The SMILES string of the molecule is O=CNc1ccc(C2CN3CCCC3c3ccccc32)cc1. The van der Waals surface area contributed by atoms with Gasteiger partial charge >= 0.3 is 0 Å². The predicted octanol–water partition coefficient (Wildman–Crippen LogP) is 3.54. The standard InChI is InChI=1S/C19H20N2O/c22-13-20-15-9-7-14(8-10-15)18-12-21-11-3-6-19(21)17-5-2-1-4-16(17)18/h1-2,4-5,7-10,13,18-19H,3,6,11-12H2,(H,20,22). The van der Waals surface area contributed by atoms with Crippen molar-refractivity contribution in [2.45, 2.75) is 24.8 Å². The third-order valence-corrected chi connectivity index (χ3v) is 5.05. The summed E-state index contributed by atoms with van der Waals surface area (Å²) in [4.78, 5) is 13.2. The van der Waals surface area contributed by atoms with Crippen LogP contribution in [0, 0.1) is 0 Å². The smallest absolute Gasteiger partial charge is 0.211 e. The molecule has 0 aromatic heterocycles. The van der Waals surface area contributed by atoms with Gasteiger partial charge in [-0.1, -0.05) is 36.4 Å². The lowest BCUT2D eigenvalue weighted by Crippen LogP contribution is -2.34. The summed E-state index contributed by atoms with van der Waals surface area (Å²) in [5, 5.41) is 2.70. The second kappa shape index (κ2) is 5.58. The van der Waals surface area contributed by atoms with Gasteiger partial charge in [0.15, 0.2) is 0 Å². The molecule has 0 saturated carbocycles.